The monoisotopic (exact) mass is 323 g/mol. The van der Waals surface area contributed by atoms with Gasteiger partial charge in [0.25, 0.3) is 0 Å². The quantitative estimate of drug-likeness (QED) is 0.718. The molecule has 0 aliphatic heterocycles. The maximum atomic E-state index is 11.0. The third-order valence-corrected chi connectivity index (χ3v) is 4.67. The van der Waals surface area contributed by atoms with E-state index in [0.29, 0.717) is 6.42 Å². The summed E-state index contributed by atoms with van der Waals surface area (Å²) in [6.07, 6.45) is 2.63. The first-order valence-corrected chi connectivity index (χ1v) is 8.28. The number of nitrogens with zero attached hydrogens (tertiary/aromatic N) is 1. The number of para-hydroxylation sites is 1. The van der Waals surface area contributed by atoms with Crippen LogP contribution in [0.15, 0.2) is 48.5 Å². The van der Waals surface area contributed by atoms with E-state index in [2.05, 4.69) is 11.1 Å². The Balaban J connectivity index is 2.02. The molecule has 3 aromatic rings. The standard InChI is InChI=1S/C19H17NO2S/c1-13-5-4-6-14(11-13)12-15(9-10-18(21)22)19-20-16-7-2-3-8-17(16)23-19/h2-8,11-12H,9-10H2,1H3,(H,21,22)/b15-12-. The van der Waals surface area contributed by atoms with E-state index in [0.717, 1.165) is 26.4 Å². The molecule has 3 rings (SSSR count). The molecular weight excluding hydrogens is 306 g/mol. The lowest BCUT2D eigenvalue weighted by atomic mass is 10.1. The van der Waals surface area contributed by atoms with Gasteiger partial charge in [-0.25, -0.2) is 4.98 Å². The molecule has 116 valence electrons. The van der Waals surface area contributed by atoms with Gasteiger partial charge in [-0.3, -0.25) is 4.79 Å². The van der Waals surface area contributed by atoms with Crippen LogP contribution in [0, 0.1) is 6.92 Å². The second-order valence-electron chi connectivity index (χ2n) is 5.46. The molecule has 1 aromatic heterocycles. The number of fused-ring (bicyclic) bond motifs is 1. The van der Waals surface area contributed by atoms with Crippen molar-refractivity contribution in [2.45, 2.75) is 19.8 Å². The summed E-state index contributed by atoms with van der Waals surface area (Å²) in [6, 6.07) is 16.2. The zero-order valence-corrected chi connectivity index (χ0v) is 13.6. The van der Waals surface area contributed by atoms with Crippen molar-refractivity contribution in [1.29, 1.82) is 0 Å². The molecule has 1 N–H and O–H groups in total. The molecule has 0 saturated carbocycles. The Bertz CT molecular complexity index is 847. The topological polar surface area (TPSA) is 50.2 Å². The van der Waals surface area contributed by atoms with Gasteiger partial charge in [0.05, 0.1) is 10.2 Å². The SMILES string of the molecule is Cc1cccc(/C=C(/CCC(=O)O)c2nc3ccccc3s2)c1. The zero-order valence-electron chi connectivity index (χ0n) is 12.8. The van der Waals surface area contributed by atoms with Gasteiger partial charge in [0.1, 0.15) is 5.01 Å². The molecule has 0 radical (unpaired) electrons. The minimum atomic E-state index is -0.791. The van der Waals surface area contributed by atoms with Gasteiger partial charge in [-0.1, -0.05) is 42.0 Å². The fourth-order valence-corrected chi connectivity index (χ4v) is 3.46. The molecule has 0 atom stereocenters. The summed E-state index contributed by atoms with van der Waals surface area (Å²) in [5.41, 5.74) is 4.18. The zero-order chi connectivity index (χ0) is 16.2. The number of thiazole rings is 1. The Kier molecular flexibility index (Phi) is 4.53. The third kappa shape index (κ3) is 3.85. The molecule has 0 saturated heterocycles. The van der Waals surface area contributed by atoms with Gasteiger partial charge in [-0.15, -0.1) is 11.3 Å². The Morgan fingerprint density at radius 3 is 2.74 bits per heavy atom. The number of allylic oxidation sites excluding steroid dienone is 1. The Labute approximate surface area is 138 Å². The summed E-state index contributed by atoms with van der Waals surface area (Å²) in [6.45, 7) is 2.05. The average molecular weight is 323 g/mol. The first kappa shape index (κ1) is 15.4. The molecule has 0 aliphatic carbocycles. The number of rotatable bonds is 5. The Morgan fingerprint density at radius 1 is 1.17 bits per heavy atom. The van der Waals surface area contributed by atoms with Crippen LogP contribution in [0.2, 0.25) is 0 Å². The van der Waals surface area contributed by atoms with E-state index in [1.54, 1.807) is 11.3 Å². The number of carbonyl (C=O) groups is 1. The van der Waals surface area contributed by atoms with Crippen molar-refractivity contribution in [3.8, 4) is 0 Å². The number of aryl methyl sites for hydroxylation is 1. The summed E-state index contributed by atoms with van der Waals surface area (Å²) in [5, 5.41) is 9.91. The van der Waals surface area contributed by atoms with Gasteiger partial charge in [-0.2, -0.15) is 0 Å². The number of aromatic nitrogens is 1. The van der Waals surface area contributed by atoms with Crippen LogP contribution in [0.1, 0.15) is 29.0 Å². The highest BCUT2D eigenvalue weighted by Crippen LogP contribution is 2.31. The lowest BCUT2D eigenvalue weighted by molar-refractivity contribution is -0.136. The number of hydrogen-bond donors (Lipinski definition) is 1. The molecule has 0 spiro atoms. The maximum Gasteiger partial charge on any atom is 0.303 e. The average Bonchev–Trinajstić information content (AvgIpc) is 2.95. The number of aliphatic carboxylic acids is 1. The first-order chi connectivity index (χ1) is 11.1. The van der Waals surface area contributed by atoms with Gasteiger partial charge < -0.3 is 5.11 Å². The van der Waals surface area contributed by atoms with E-state index in [1.165, 1.54) is 5.56 Å². The normalized spacial score (nSPS) is 11.8. The van der Waals surface area contributed by atoms with Crippen LogP contribution >= 0.6 is 11.3 Å². The fraction of sp³-hybridized carbons (Fsp3) is 0.158. The van der Waals surface area contributed by atoms with Crippen LogP contribution in [0.25, 0.3) is 21.9 Å². The van der Waals surface area contributed by atoms with Crippen LogP contribution in [-0.4, -0.2) is 16.1 Å². The number of carboxylic acids is 1. The fourth-order valence-electron chi connectivity index (χ4n) is 2.45. The number of benzene rings is 2. The van der Waals surface area contributed by atoms with Crippen LogP contribution in [-0.2, 0) is 4.79 Å². The molecule has 1 heterocycles. The van der Waals surface area contributed by atoms with Gasteiger partial charge >= 0.3 is 5.97 Å². The van der Waals surface area contributed by atoms with E-state index in [1.807, 2.05) is 55.5 Å². The van der Waals surface area contributed by atoms with Crippen molar-refractivity contribution in [2.24, 2.45) is 0 Å². The van der Waals surface area contributed by atoms with Crippen LogP contribution < -0.4 is 0 Å². The highest BCUT2D eigenvalue weighted by molar-refractivity contribution is 7.19. The third-order valence-electron chi connectivity index (χ3n) is 3.56. The molecule has 3 nitrogen and oxygen atoms in total. The van der Waals surface area contributed by atoms with Crippen LogP contribution in [0.4, 0.5) is 0 Å². The summed E-state index contributed by atoms with van der Waals surface area (Å²) < 4.78 is 1.12. The highest BCUT2D eigenvalue weighted by Gasteiger charge is 2.11. The van der Waals surface area contributed by atoms with Crippen LogP contribution in [0.5, 0.6) is 0 Å². The smallest absolute Gasteiger partial charge is 0.303 e. The van der Waals surface area contributed by atoms with Gasteiger partial charge in [0, 0.05) is 6.42 Å². The number of hydrogen-bond acceptors (Lipinski definition) is 3. The van der Waals surface area contributed by atoms with Crippen LogP contribution in [0.3, 0.4) is 0 Å². The lowest BCUT2D eigenvalue weighted by Gasteiger charge is -2.04. The van der Waals surface area contributed by atoms with Crippen molar-refractivity contribution in [2.75, 3.05) is 0 Å². The second kappa shape index (κ2) is 6.75. The molecule has 4 heteroatoms. The first-order valence-electron chi connectivity index (χ1n) is 7.47. The number of carboxylic acid groups (broad SMARTS) is 1. The van der Waals surface area contributed by atoms with Crippen molar-refractivity contribution in [1.82, 2.24) is 4.98 Å². The van der Waals surface area contributed by atoms with Crippen molar-refractivity contribution >= 4 is 39.2 Å². The molecule has 0 amide bonds. The minimum Gasteiger partial charge on any atom is -0.481 e. The molecule has 23 heavy (non-hydrogen) atoms. The predicted molar refractivity (Wildman–Crippen MR) is 95.5 cm³/mol. The molecule has 2 aromatic carbocycles. The van der Waals surface area contributed by atoms with Crippen molar-refractivity contribution in [3.63, 3.8) is 0 Å². The summed E-state index contributed by atoms with van der Waals surface area (Å²) >= 11 is 1.61. The van der Waals surface area contributed by atoms with E-state index in [-0.39, 0.29) is 6.42 Å². The van der Waals surface area contributed by atoms with Gasteiger partial charge in [0.15, 0.2) is 0 Å². The highest BCUT2D eigenvalue weighted by atomic mass is 32.1. The Hall–Kier alpha value is -2.46. The van der Waals surface area contributed by atoms with E-state index < -0.39 is 5.97 Å². The van der Waals surface area contributed by atoms with E-state index in [9.17, 15) is 4.79 Å². The second-order valence-corrected chi connectivity index (χ2v) is 6.49. The van der Waals surface area contributed by atoms with E-state index in [4.69, 9.17) is 5.11 Å². The van der Waals surface area contributed by atoms with Crippen molar-refractivity contribution < 1.29 is 9.90 Å². The van der Waals surface area contributed by atoms with Gasteiger partial charge in [0.2, 0.25) is 0 Å². The molecule has 0 aliphatic rings. The molecule has 0 fully saturated rings. The molecule has 0 bridgehead atoms. The summed E-state index contributed by atoms with van der Waals surface area (Å²) in [5.74, 6) is -0.791. The maximum absolute atomic E-state index is 11.0. The molecular formula is C19H17NO2S. The minimum absolute atomic E-state index is 0.105. The Morgan fingerprint density at radius 2 is 2.00 bits per heavy atom. The van der Waals surface area contributed by atoms with E-state index >= 15 is 0 Å². The summed E-state index contributed by atoms with van der Waals surface area (Å²) in [4.78, 5) is 15.6. The summed E-state index contributed by atoms with van der Waals surface area (Å²) in [7, 11) is 0. The largest absolute Gasteiger partial charge is 0.481 e. The molecule has 0 unspecified atom stereocenters. The van der Waals surface area contributed by atoms with Gasteiger partial charge in [-0.05, 0) is 42.7 Å². The predicted octanol–water partition coefficient (Wildman–Crippen LogP) is 5.01. The van der Waals surface area contributed by atoms with Crippen molar-refractivity contribution in [3.05, 3.63) is 64.7 Å². The lowest BCUT2D eigenvalue weighted by Crippen LogP contribution is -1.95.